The Morgan fingerprint density at radius 2 is 1.67 bits per heavy atom. The predicted molar refractivity (Wildman–Crippen MR) is 86.8 cm³/mol. The maximum Gasteiger partial charge on any atom is 0.498 e. The first-order valence-corrected chi connectivity index (χ1v) is 7.68. The fraction of sp³-hybridized carbons (Fsp3) is 0.438. The smallest absolute Gasteiger partial charge is 0.498 e. The zero-order chi connectivity index (χ0) is 17.7. The third kappa shape index (κ3) is 2.76. The summed E-state index contributed by atoms with van der Waals surface area (Å²) in [6.45, 7) is 9.45. The van der Waals surface area contributed by atoms with Crippen molar-refractivity contribution in [3.63, 3.8) is 0 Å². The number of rotatable bonds is 2. The first kappa shape index (κ1) is 16.8. The molecule has 0 spiro atoms. The number of aromatic nitrogens is 3. The van der Waals surface area contributed by atoms with Crippen molar-refractivity contribution in [1.29, 1.82) is 0 Å². The zero-order valence-electron chi connectivity index (χ0n) is 14.3. The molecule has 0 amide bonds. The first-order valence-electron chi connectivity index (χ1n) is 7.68. The third-order valence-electron chi connectivity index (χ3n) is 4.68. The summed E-state index contributed by atoms with van der Waals surface area (Å²) in [4.78, 5) is 8.48. The number of hydrogen-bond donors (Lipinski definition) is 0. The Labute approximate surface area is 140 Å². The van der Waals surface area contributed by atoms with Gasteiger partial charge in [0.2, 0.25) is 11.9 Å². The average Bonchev–Trinajstić information content (AvgIpc) is 2.71. The van der Waals surface area contributed by atoms with Crippen molar-refractivity contribution in [2.24, 2.45) is 0 Å². The minimum absolute atomic E-state index is 0.275. The highest BCUT2D eigenvalue weighted by Gasteiger charge is 2.51. The molecule has 2 aromatic rings. The summed E-state index contributed by atoms with van der Waals surface area (Å²) in [6.07, 6.45) is 4.02. The summed E-state index contributed by atoms with van der Waals surface area (Å²) in [7, 11) is -0.567. The zero-order valence-corrected chi connectivity index (χ0v) is 14.3. The summed E-state index contributed by atoms with van der Waals surface area (Å²) in [6, 6.07) is 1.24. The van der Waals surface area contributed by atoms with Crippen LogP contribution in [0.3, 0.4) is 0 Å². The fourth-order valence-electron chi connectivity index (χ4n) is 2.41. The summed E-state index contributed by atoms with van der Waals surface area (Å²) >= 11 is 0. The molecule has 0 atom stereocenters. The first-order chi connectivity index (χ1) is 11.1. The van der Waals surface area contributed by atoms with Crippen molar-refractivity contribution in [3.8, 4) is 11.4 Å². The molecule has 0 radical (unpaired) electrons. The molecule has 0 aromatic carbocycles. The second-order valence-corrected chi connectivity index (χ2v) is 6.91. The average molecular weight is 331 g/mol. The SMILES string of the molecule is Cc1c(-c2ncc(B3OC(C)(C)C(C)(C)O3)cn2)cc(F)c[n+]1[O-]. The molecule has 0 unspecified atom stereocenters. The Hall–Kier alpha value is -2.06. The molecule has 3 rings (SSSR count). The molecule has 126 valence electrons. The summed E-state index contributed by atoms with van der Waals surface area (Å²) < 4.78 is 25.8. The maximum absolute atomic E-state index is 13.5. The second kappa shape index (κ2) is 5.49. The minimum Gasteiger partial charge on any atom is -0.618 e. The van der Waals surface area contributed by atoms with Gasteiger partial charge in [0, 0.05) is 24.8 Å². The molecule has 0 bridgehead atoms. The highest BCUT2D eigenvalue weighted by atomic mass is 19.1. The number of pyridine rings is 1. The molecule has 2 aromatic heterocycles. The molecule has 0 N–H and O–H groups in total. The van der Waals surface area contributed by atoms with Gasteiger partial charge in [-0.3, -0.25) is 0 Å². The Balaban J connectivity index is 1.90. The van der Waals surface area contributed by atoms with Gasteiger partial charge in [0.05, 0.1) is 16.8 Å². The van der Waals surface area contributed by atoms with Crippen LogP contribution in [0.2, 0.25) is 0 Å². The monoisotopic (exact) mass is 331 g/mol. The van der Waals surface area contributed by atoms with E-state index < -0.39 is 24.1 Å². The van der Waals surface area contributed by atoms with E-state index >= 15 is 0 Å². The second-order valence-electron chi connectivity index (χ2n) is 6.91. The van der Waals surface area contributed by atoms with Gasteiger partial charge in [0.25, 0.3) is 0 Å². The molecule has 3 heterocycles. The summed E-state index contributed by atoms with van der Waals surface area (Å²) in [5, 5.41) is 11.6. The van der Waals surface area contributed by atoms with E-state index in [-0.39, 0.29) is 5.82 Å². The maximum atomic E-state index is 13.5. The molecular weight excluding hydrogens is 312 g/mol. The Kier molecular flexibility index (Phi) is 3.84. The fourth-order valence-corrected chi connectivity index (χ4v) is 2.41. The Morgan fingerprint density at radius 3 is 2.21 bits per heavy atom. The summed E-state index contributed by atoms with van der Waals surface area (Å²) in [5.41, 5.74) is 0.444. The number of halogens is 1. The van der Waals surface area contributed by atoms with Crippen molar-refractivity contribution >= 4 is 12.6 Å². The van der Waals surface area contributed by atoms with Gasteiger partial charge in [0.15, 0.2) is 11.6 Å². The van der Waals surface area contributed by atoms with E-state index in [1.807, 2.05) is 27.7 Å². The summed E-state index contributed by atoms with van der Waals surface area (Å²) in [5.74, 6) is -0.360. The van der Waals surface area contributed by atoms with Gasteiger partial charge in [-0.15, -0.1) is 0 Å². The van der Waals surface area contributed by atoms with E-state index in [9.17, 15) is 9.60 Å². The van der Waals surface area contributed by atoms with Crippen LogP contribution in [-0.2, 0) is 9.31 Å². The Bertz CT molecular complexity index is 765. The standard InChI is InChI=1S/C16H19BFN3O3/c1-10-13(6-12(18)9-21(10)22)14-19-7-11(8-20-14)17-23-15(2,3)16(4,5)24-17/h6-9H,1-5H3. The molecule has 1 fully saturated rings. The Morgan fingerprint density at radius 1 is 1.12 bits per heavy atom. The largest absolute Gasteiger partial charge is 0.618 e. The van der Waals surface area contributed by atoms with Gasteiger partial charge < -0.3 is 14.5 Å². The van der Waals surface area contributed by atoms with Crippen molar-refractivity contribution in [2.45, 2.75) is 45.8 Å². The van der Waals surface area contributed by atoms with Crippen molar-refractivity contribution in [3.05, 3.63) is 41.4 Å². The molecule has 1 aliphatic rings. The third-order valence-corrected chi connectivity index (χ3v) is 4.68. The van der Waals surface area contributed by atoms with E-state index in [4.69, 9.17) is 9.31 Å². The van der Waals surface area contributed by atoms with Crippen LogP contribution in [0.15, 0.2) is 24.7 Å². The van der Waals surface area contributed by atoms with E-state index in [1.54, 1.807) is 19.3 Å². The van der Waals surface area contributed by atoms with Crippen LogP contribution in [0, 0.1) is 17.9 Å². The molecular formula is C16H19BFN3O3. The van der Waals surface area contributed by atoms with Gasteiger partial charge in [-0.2, -0.15) is 4.73 Å². The van der Waals surface area contributed by atoms with Gasteiger partial charge in [-0.1, -0.05) is 0 Å². The number of nitrogens with zero attached hydrogens (tertiary/aromatic N) is 3. The van der Waals surface area contributed by atoms with Crippen molar-refractivity contribution < 1.29 is 18.4 Å². The van der Waals surface area contributed by atoms with Gasteiger partial charge in [-0.05, 0) is 33.8 Å². The van der Waals surface area contributed by atoms with Crippen LogP contribution < -0.4 is 10.2 Å². The normalized spacial score (nSPS) is 18.8. The molecule has 0 saturated carbocycles. The van der Waals surface area contributed by atoms with Crippen LogP contribution in [0.4, 0.5) is 4.39 Å². The molecule has 0 aliphatic carbocycles. The predicted octanol–water partition coefficient (Wildman–Crippen LogP) is 1.52. The van der Waals surface area contributed by atoms with E-state index in [0.29, 0.717) is 21.5 Å². The van der Waals surface area contributed by atoms with Crippen LogP contribution in [0.5, 0.6) is 0 Å². The lowest BCUT2D eigenvalue weighted by molar-refractivity contribution is -0.613. The molecule has 8 heteroatoms. The highest BCUT2D eigenvalue weighted by molar-refractivity contribution is 6.61. The van der Waals surface area contributed by atoms with Gasteiger partial charge in [-0.25, -0.2) is 14.4 Å². The quantitative estimate of drug-likeness (QED) is 0.474. The van der Waals surface area contributed by atoms with Crippen LogP contribution in [-0.4, -0.2) is 28.3 Å². The molecule has 6 nitrogen and oxygen atoms in total. The highest BCUT2D eigenvalue weighted by Crippen LogP contribution is 2.36. The van der Waals surface area contributed by atoms with Crippen molar-refractivity contribution in [2.75, 3.05) is 0 Å². The van der Waals surface area contributed by atoms with Crippen LogP contribution in [0.1, 0.15) is 33.4 Å². The minimum atomic E-state index is -0.635. The lowest BCUT2D eigenvalue weighted by Gasteiger charge is -2.32. The topological polar surface area (TPSA) is 71.2 Å². The molecule has 1 saturated heterocycles. The van der Waals surface area contributed by atoms with E-state index in [0.717, 1.165) is 6.20 Å². The van der Waals surface area contributed by atoms with Crippen LogP contribution in [0.25, 0.3) is 11.4 Å². The van der Waals surface area contributed by atoms with Crippen molar-refractivity contribution in [1.82, 2.24) is 9.97 Å². The lowest BCUT2D eigenvalue weighted by atomic mass is 9.81. The van der Waals surface area contributed by atoms with Gasteiger partial charge in [0.1, 0.15) is 0 Å². The molecule has 1 aliphatic heterocycles. The number of hydrogen-bond acceptors (Lipinski definition) is 5. The lowest BCUT2D eigenvalue weighted by Crippen LogP contribution is -2.41. The molecule has 24 heavy (non-hydrogen) atoms. The van der Waals surface area contributed by atoms with Crippen LogP contribution >= 0.6 is 0 Å². The van der Waals surface area contributed by atoms with E-state index in [2.05, 4.69) is 9.97 Å². The van der Waals surface area contributed by atoms with E-state index in [1.165, 1.54) is 6.07 Å². The van der Waals surface area contributed by atoms with Gasteiger partial charge >= 0.3 is 7.12 Å².